The van der Waals surface area contributed by atoms with E-state index >= 15 is 0 Å². The zero-order valence-electron chi connectivity index (χ0n) is 9.86. The van der Waals surface area contributed by atoms with E-state index in [-0.39, 0.29) is 11.8 Å². The average molecular weight is 310 g/mol. The number of benzene rings is 2. The molecule has 2 rings (SSSR count). The lowest BCUT2D eigenvalue weighted by Crippen LogP contribution is -2.06. The number of halogens is 2. The number of nitrogens with two attached hydrogens (primary N) is 1. The van der Waals surface area contributed by atoms with Gasteiger partial charge in [0.2, 0.25) is 0 Å². The highest BCUT2D eigenvalue weighted by molar-refractivity contribution is 9.10. The van der Waals surface area contributed by atoms with Crippen LogP contribution in [0.1, 0.15) is 18.5 Å². The third-order valence-electron chi connectivity index (χ3n) is 2.52. The van der Waals surface area contributed by atoms with E-state index in [0.717, 1.165) is 10.0 Å². The van der Waals surface area contributed by atoms with Gasteiger partial charge in [0, 0.05) is 16.1 Å². The molecule has 0 heterocycles. The van der Waals surface area contributed by atoms with Gasteiger partial charge in [0.05, 0.1) is 0 Å². The summed E-state index contributed by atoms with van der Waals surface area (Å²) in [6, 6.07) is 11.6. The number of rotatable bonds is 3. The summed E-state index contributed by atoms with van der Waals surface area (Å²) in [5.41, 5.74) is 6.70. The van der Waals surface area contributed by atoms with E-state index in [1.807, 2.05) is 19.1 Å². The molecule has 1 unspecified atom stereocenters. The summed E-state index contributed by atoms with van der Waals surface area (Å²) >= 11 is 3.36. The quantitative estimate of drug-likeness (QED) is 0.912. The van der Waals surface area contributed by atoms with Gasteiger partial charge in [0.15, 0.2) is 11.6 Å². The lowest BCUT2D eigenvalue weighted by molar-refractivity contribution is 0.435. The Morgan fingerprint density at radius 2 is 1.89 bits per heavy atom. The van der Waals surface area contributed by atoms with Gasteiger partial charge in [-0.05, 0) is 31.2 Å². The first kappa shape index (κ1) is 13.1. The molecule has 2 N–H and O–H groups in total. The van der Waals surface area contributed by atoms with Crippen molar-refractivity contribution in [2.45, 2.75) is 13.0 Å². The first-order valence-electron chi connectivity index (χ1n) is 5.55. The number of hydrogen-bond acceptors (Lipinski definition) is 2. The van der Waals surface area contributed by atoms with Crippen LogP contribution in [-0.4, -0.2) is 0 Å². The van der Waals surface area contributed by atoms with Gasteiger partial charge >= 0.3 is 0 Å². The number of ether oxygens (including phenoxy) is 1. The van der Waals surface area contributed by atoms with Crippen LogP contribution in [0.3, 0.4) is 0 Å². The molecule has 1 atom stereocenters. The van der Waals surface area contributed by atoms with Crippen LogP contribution in [0, 0.1) is 5.82 Å². The second kappa shape index (κ2) is 5.50. The van der Waals surface area contributed by atoms with E-state index in [0.29, 0.717) is 5.75 Å². The molecule has 0 aliphatic rings. The Bertz CT molecular complexity index is 557. The van der Waals surface area contributed by atoms with Crippen molar-refractivity contribution in [3.63, 3.8) is 0 Å². The van der Waals surface area contributed by atoms with E-state index in [4.69, 9.17) is 10.5 Å². The molecule has 2 aromatic rings. The summed E-state index contributed by atoms with van der Waals surface area (Å²) in [6.07, 6.45) is 0. The van der Waals surface area contributed by atoms with Crippen molar-refractivity contribution < 1.29 is 9.13 Å². The van der Waals surface area contributed by atoms with Crippen molar-refractivity contribution in [3.05, 3.63) is 58.3 Å². The summed E-state index contributed by atoms with van der Waals surface area (Å²) in [6.45, 7) is 1.86. The number of hydrogen-bond donors (Lipinski definition) is 1. The van der Waals surface area contributed by atoms with Gasteiger partial charge in [-0.25, -0.2) is 4.39 Å². The van der Waals surface area contributed by atoms with E-state index in [1.165, 1.54) is 6.07 Å². The van der Waals surface area contributed by atoms with Gasteiger partial charge in [0.1, 0.15) is 5.75 Å². The fourth-order valence-corrected chi connectivity index (χ4v) is 1.96. The molecule has 0 bridgehead atoms. The van der Waals surface area contributed by atoms with Crippen LogP contribution in [0.15, 0.2) is 46.9 Å². The Hall–Kier alpha value is -1.39. The zero-order valence-corrected chi connectivity index (χ0v) is 11.4. The van der Waals surface area contributed by atoms with Crippen molar-refractivity contribution in [3.8, 4) is 11.5 Å². The first-order valence-corrected chi connectivity index (χ1v) is 6.34. The monoisotopic (exact) mass is 309 g/mol. The molecule has 2 aromatic carbocycles. The molecule has 0 aliphatic carbocycles. The zero-order chi connectivity index (χ0) is 13.1. The normalized spacial score (nSPS) is 12.2. The topological polar surface area (TPSA) is 35.2 Å². The predicted octanol–water partition coefficient (Wildman–Crippen LogP) is 4.40. The lowest BCUT2D eigenvalue weighted by atomic mass is 10.1. The molecule has 0 saturated heterocycles. The third kappa shape index (κ3) is 2.89. The molecule has 4 heteroatoms. The molecular weight excluding hydrogens is 297 g/mol. The highest BCUT2D eigenvalue weighted by Crippen LogP contribution is 2.32. The van der Waals surface area contributed by atoms with Crippen molar-refractivity contribution in [2.24, 2.45) is 5.73 Å². The highest BCUT2D eigenvalue weighted by atomic mass is 79.9. The Morgan fingerprint density at radius 3 is 2.56 bits per heavy atom. The fraction of sp³-hybridized carbons (Fsp3) is 0.143. The van der Waals surface area contributed by atoms with Crippen molar-refractivity contribution in [1.29, 1.82) is 0 Å². The largest absolute Gasteiger partial charge is 0.454 e. The number of para-hydroxylation sites is 1. The molecule has 94 valence electrons. The van der Waals surface area contributed by atoms with Crippen LogP contribution in [0.4, 0.5) is 4.39 Å². The Labute approximate surface area is 114 Å². The fourth-order valence-electron chi connectivity index (χ4n) is 1.62. The van der Waals surface area contributed by atoms with Crippen LogP contribution in [0.2, 0.25) is 0 Å². The SMILES string of the molecule is CC(N)c1ccc(Br)cc1Oc1ccccc1F. The summed E-state index contributed by atoms with van der Waals surface area (Å²) in [5, 5.41) is 0. The molecule has 0 radical (unpaired) electrons. The van der Waals surface area contributed by atoms with Crippen LogP contribution < -0.4 is 10.5 Å². The average Bonchev–Trinajstić information content (AvgIpc) is 2.32. The van der Waals surface area contributed by atoms with Crippen LogP contribution in [0.25, 0.3) is 0 Å². The Morgan fingerprint density at radius 1 is 1.17 bits per heavy atom. The first-order chi connectivity index (χ1) is 8.58. The minimum atomic E-state index is -0.395. The van der Waals surface area contributed by atoms with Gasteiger partial charge in [-0.3, -0.25) is 0 Å². The molecule has 2 nitrogen and oxygen atoms in total. The summed E-state index contributed by atoms with van der Waals surface area (Å²) in [5.74, 6) is 0.357. The van der Waals surface area contributed by atoms with Gasteiger partial charge < -0.3 is 10.5 Å². The van der Waals surface area contributed by atoms with Gasteiger partial charge in [-0.2, -0.15) is 0 Å². The maximum absolute atomic E-state index is 13.5. The van der Waals surface area contributed by atoms with Crippen LogP contribution in [0.5, 0.6) is 11.5 Å². The van der Waals surface area contributed by atoms with Crippen LogP contribution in [-0.2, 0) is 0 Å². The van der Waals surface area contributed by atoms with E-state index in [1.54, 1.807) is 24.3 Å². The minimum Gasteiger partial charge on any atom is -0.454 e. The predicted molar refractivity (Wildman–Crippen MR) is 73.2 cm³/mol. The molecule has 0 aromatic heterocycles. The van der Waals surface area contributed by atoms with Gasteiger partial charge in [-0.15, -0.1) is 0 Å². The minimum absolute atomic E-state index is 0.181. The molecule has 0 saturated carbocycles. The second-order valence-electron chi connectivity index (χ2n) is 4.00. The molecule has 0 spiro atoms. The molecular formula is C14H13BrFNO. The van der Waals surface area contributed by atoms with Gasteiger partial charge in [-0.1, -0.05) is 34.1 Å². The summed E-state index contributed by atoms with van der Waals surface area (Å²) in [4.78, 5) is 0. The smallest absolute Gasteiger partial charge is 0.165 e. The second-order valence-corrected chi connectivity index (χ2v) is 4.92. The lowest BCUT2D eigenvalue weighted by Gasteiger charge is -2.14. The van der Waals surface area contributed by atoms with E-state index in [2.05, 4.69) is 15.9 Å². The van der Waals surface area contributed by atoms with Crippen molar-refractivity contribution in [2.75, 3.05) is 0 Å². The maximum Gasteiger partial charge on any atom is 0.165 e. The third-order valence-corrected chi connectivity index (χ3v) is 3.02. The van der Waals surface area contributed by atoms with Crippen molar-refractivity contribution >= 4 is 15.9 Å². The van der Waals surface area contributed by atoms with Gasteiger partial charge in [0.25, 0.3) is 0 Å². The van der Waals surface area contributed by atoms with E-state index < -0.39 is 5.82 Å². The Kier molecular flexibility index (Phi) is 3.99. The standard InChI is InChI=1S/C14H13BrFNO/c1-9(17)11-7-6-10(15)8-14(11)18-13-5-3-2-4-12(13)16/h2-9H,17H2,1H3. The molecule has 0 amide bonds. The highest BCUT2D eigenvalue weighted by Gasteiger charge is 2.11. The maximum atomic E-state index is 13.5. The molecule has 0 aliphatic heterocycles. The molecule has 18 heavy (non-hydrogen) atoms. The molecule has 0 fully saturated rings. The summed E-state index contributed by atoms with van der Waals surface area (Å²) in [7, 11) is 0. The van der Waals surface area contributed by atoms with E-state index in [9.17, 15) is 4.39 Å². The van der Waals surface area contributed by atoms with Crippen LogP contribution >= 0.6 is 15.9 Å². The van der Waals surface area contributed by atoms with Crippen molar-refractivity contribution in [1.82, 2.24) is 0 Å². The summed E-state index contributed by atoms with van der Waals surface area (Å²) < 4.78 is 20.0. The Balaban J connectivity index is 2.39.